The van der Waals surface area contributed by atoms with Crippen LogP contribution in [-0.4, -0.2) is 5.91 Å². The smallest absolute Gasteiger partial charge is 0.245 e. The third kappa shape index (κ3) is 2.90. The van der Waals surface area contributed by atoms with Crippen LogP contribution in [0.2, 0.25) is 10.0 Å². The molecule has 0 spiro atoms. The third-order valence-electron chi connectivity index (χ3n) is 3.32. The first-order chi connectivity index (χ1) is 10.1. The zero-order valence-electron chi connectivity index (χ0n) is 10.9. The van der Waals surface area contributed by atoms with Gasteiger partial charge in [-0.3, -0.25) is 4.79 Å². The van der Waals surface area contributed by atoms with Gasteiger partial charge in [0.2, 0.25) is 5.91 Å². The molecule has 0 fully saturated rings. The van der Waals surface area contributed by atoms with Crippen molar-refractivity contribution >= 4 is 46.6 Å². The molecular weight excluding hydrogens is 327 g/mol. The number of hydrogen-bond donors (Lipinski definition) is 2. The lowest BCUT2D eigenvalue weighted by Gasteiger charge is -2.09. The number of halogens is 2. The lowest BCUT2D eigenvalue weighted by molar-refractivity contribution is -0.116. The Labute approximate surface area is 136 Å². The van der Waals surface area contributed by atoms with E-state index in [0.717, 1.165) is 26.7 Å². The van der Waals surface area contributed by atoms with Crippen LogP contribution in [0, 0.1) is 0 Å². The topological polar surface area (TPSA) is 55.1 Å². The largest absolute Gasteiger partial charge is 0.324 e. The van der Waals surface area contributed by atoms with Crippen LogP contribution in [0.4, 0.5) is 5.69 Å². The van der Waals surface area contributed by atoms with Gasteiger partial charge in [0.25, 0.3) is 0 Å². The average molecular weight is 339 g/mol. The maximum Gasteiger partial charge on any atom is 0.245 e. The molecule has 3 N–H and O–H groups in total. The van der Waals surface area contributed by atoms with Crippen LogP contribution < -0.4 is 11.1 Å². The molecule has 3 rings (SSSR count). The normalized spacial score (nSPS) is 16.7. The number of nitrogens with two attached hydrogens (primary N) is 1. The van der Waals surface area contributed by atoms with Gasteiger partial charge in [-0.05, 0) is 23.8 Å². The van der Waals surface area contributed by atoms with E-state index >= 15 is 0 Å². The van der Waals surface area contributed by atoms with Crippen molar-refractivity contribution in [1.29, 1.82) is 0 Å². The Kier molecular flexibility index (Phi) is 4.13. The Bertz CT molecular complexity index is 721. The van der Waals surface area contributed by atoms with Crippen molar-refractivity contribution in [3.63, 3.8) is 0 Å². The van der Waals surface area contributed by atoms with Crippen LogP contribution in [0.1, 0.15) is 17.2 Å². The summed E-state index contributed by atoms with van der Waals surface area (Å²) < 4.78 is 0. The fourth-order valence-corrected chi connectivity index (χ4v) is 3.75. The molecule has 1 atom stereocenters. The molecule has 108 valence electrons. The first kappa shape index (κ1) is 14.7. The zero-order chi connectivity index (χ0) is 15.0. The molecule has 1 amide bonds. The molecular formula is C15H12Cl2N2OS. The number of fused-ring (bicyclic) bond motifs is 1. The van der Waals surface area contributed by atoms with Crippen LogP contribution in [-0.2, 0) is 10.5 Å². The predicted octanol–water partition coefficient (Wildman–Crippen LogP) is 4.24. The highest BCUT2D eigenvalue weighted by Gasteiger charge is 2.28. The van der Waals surface area contributed by atoms with Gasteiger partial charge in [-0.2, -0.15) is 0 Å². The summed E-state index contributed by atoms with van der Waals surface area (Å²) in [4.78, 5) is 12.5. The van der Waals surface area contributed by atoms with Gasteiger partial charge < -0.3 is 11.1 Å². The van der Waals surface area contributed by atoms with Gasteiger partial charge in [0.15, 0.2) is 0 Å². The second kappa shape index (κ2) is 5.89. The van der Waals surface area contributed by atoms with E-state index in [9.17, 15) is 4.79 Å². The second-order valence-electron chi connectivity index (χ2n) is 4.72. The Balaban J connectivity index is 1.83. The second-order valence-corrected chi connectivity index (χ2v) is 6.55. The van der Waals surface area contributed by atoms with Crippen molar-refractivity contribution in [2.24, 2.45) is 5.73 Å². The summed E-state index contributed by atoms with van der Waals surface area (Å²) in [5.41, 5.74) is 8.32. The Morgan fingerprint density at radius 2 is 1.95 bits per heavy atom. The minimum absolute atomic E-state index is 0.200. The highest BCUT2D eigenvalue weighted by Crippen LogP contribution is 2.39. The van der Waals surface area contributed by atoms with Crippen molar-refractivity contribution in [2.45, 2.75) is 16.7 Å². The van der Waals surface area contributed by atoms with Crippen LogP contribution in [0.15, 0.2) is 41.3 Å². The monoisotopic (exact) mass is 338 g/mol. The fraction of sp³-hybridized carbons (Fsp3) is 0.133. The Morgan fingerprint density at radius 3 is 2.71 bits per heavy atom. The summed E-state index contributed by atoms with van der Waals surface area (Å²) in [6, 6.07) is 10.7. The first-order valence-electron chi connectivity index (χ1n) is 6.32. The molecule has 21 heavy (non-hydrogen) atoms. The van der Waals surface area contributed by atoms with E-state index in [4.69, 9.17) is 28.9 Å². The number of carbonyl (C=O) groups is 1. The lowest BCUT2D eigenvalue weighted by atomic mass is 10.1. The van der Waals surface area contributed by atoms with Gasteiger partial charge in [0.1, 0.15) is 6.04 Å². The van der Waals surface area contributed by atoms with Crippen molar-refractivity contribution in [3.05, 3.63) is 57.6 Å². The fourth-order valence-electron chi connectivity index (χ4n) is 2.17. The van der Waals surface area contributed by atoms with E-state index in [1.54, 1.807) is 17.8 Å². The number of benzene rings is 2. The standard InChI is InChI=1S/C15H12Cl2N2OS/c16-10-4-2-1-3-8(10)7-21-13-6-12-9(5-11(13)17)14(18)15(20)19-12/h1-6,14H,7,18H2,(H,19,20). The van der Waals surface area contributed by atoms with E-state index in [1.165, 1.54) is 0 Å². The quantitative estimate of drug-likeness (QED) is 0.823. The minimum atomic E-state index is -0.639. The van der Waals surface area contributed by atoms with E-state index in [0.29, 0.717) is 10.8 Å². The van der Waals surface area contributed by atoms with E-state index < -0.39 is 6.04 Å². The molecule has 0 aromatic heterocycles. The zero-order valence-corrected chi connectivity index (χ0v) is 13.2. The van der Waals surface area contributed by atoms with E-state index in [2.05, 4.69) is 5.32 Å². The first-order valence-corrected chi connectivity index (χ1v) is 8.06. The number of anilines is 1. The molecule has 0 bridgehead atoms. The molecule has 3 nitrogen and oxygen atoms in total. The highest BCUT2D eigenvalue weighted by atomic mass is 35.5. The third-order valence-corrected chi connectivity index (χ3v) is 5.22. The summed E-state index contributed by atoms with van der Waals surface area (Å²) in [7, 11) is 0. The number of carbonyl (C=O) groups excluding carboxylic acids is 1. The number of hydrogen-bond acceptors (Lipinski definition) is 3. The van der Waals surface area contributed by atoms with Crippen molar-refractivity contribution in [1.82, 2.24) is 0 Å². The van der Waals surface area contributed by atoms with Crippen LogP contribution in [0.5, 0.6) is 0 Å². The van der Waals surface area contributed by atoms with Gasteiger partial charge in [-0.15, -0.1) is 11.8 Å². The highest BCUT2D eigenvalue weighted by molar-refractivity contribution is 7.98. The maximum absolute atomic E-state index is 11.6. The Hall–Kier alpha value is -1.20. The molecule has 1 heterocycles. The molecule has 1 aliphatic heterocycles. The molecule has 0 radical (unpaired) electrons. The van der Waals surface area contributed by atoms with Crippen molar-refractivity contribution < 1.29 is 4.79 Å². The van der Waals surface area contributed by atoms with Gasteiger partial charge in [-0.1, -0.05) is 41.4 Å². The summed E-state index contributed by atoms with van der Waals surface area (Å²) in [5, 5.41) is 4.09. The number of amides is 1. The van der Waals surface area contributed by atoms with Gasteiger partial charge in [0.05, 0.1) is 5.02 Å². The SMILES string of the molecule is NC1C(=O)Nc2cc(SCc3ccccc3Cl)c(Cl)cc21. The van der Waals surface area contributed by atoms with Gasteiger partial charge >= 0.3 is 0 Å². The lowest BCUT2D eigenvalue weighted by Crippen LogP contribution is -2.19. The predicted molar refractivity (Wildman–Crippen MR) is 88.0 cm³/mol. The molecule has 1 unspecified atom stereocenters. The molecule has 1 aliphatic rings. The van der Waals surface area contributed by atoms with E-state index in [-0.39, 0.29) is 5.91 Å². The summed E-state index contributed by atoms with van der Waals surface area (Å²) in [6.45, 7) is 0. The molecule has 0 saturated carbocycles. The molecule has 0 aliphatic carbocycles. The minimum Gasteiger partial charge on any atom is -0.324 e. The van der Waals surface area contributed by atoms with Gasteiger partial charge in [0, 0.05) is 26.9 Å². The van der Waals surface area contributed by atoms with Gasteiger partial charge in [-0.25, -0.2) is 0 Å². The number of nitrogens with one attached hydrogen (secondary N) is 1. The Morgan fingerprint density at radius 1 is 1.19 bits per heavy atom. The molecule has 6 heteroatoms. The average Bonchev–Trinajstić information content (AvgIpc) is 2.73. The summed E-state index contributed by atoms with van der Waals surface area (Å²) in [6.07, 6.45) is 0. The molecule has 2 aromatic rings. The van der Waals surface area contributed by atoms with Crippen molar-refractivity contribution in [3.8, 4) is 0 Å². The maximum atomic E-state index is 11.6. The molecule has 2 aromatic carbocycles. The van der Waals surface area contributed by atoms with E-state index in [1.807, 2.05) is 30.3 Å². The summed E-state index contributed by atoms with van der Waals surface area (Å²) in [5.74, 6) is 0.507. The number of thioether (sulfide) groups is 1. The summed E-state index contributed by atoms with van der Waals surface area (Å²) >= 11 is 14.0. The van der Waals surface area contributed by atoms with Crippen LogP contribution >= 0.6 is 35.0 Å². The van der Waals surface area contributed by atoms with Crippen LogP contribution in [0.3, 0.4) is 0 Å². The molecule has 0 saturated heterocycles. The number of rotatable bonds is 3. The van der Waals surface area contributed by atoms with Crippen LogP contribution in [0.25, 0.3) is 0 Å². The van der Waals surface area contributed by atoms with Crippen molar-refractivity contribution in [2.75, 3.05) is 5.32 Å².